The van der Waals surface area contributed by atoms with E-state index in [-0.39, 0.29) is 51.8 Å². The van der Waals surface area contributed by atoms with Crippen LogP contribution < -0.4 is 10.1 Å². The number of ether oxygens (including phenoxy) is 4. The molecule has 264 valence electrons. The Hall–Kier alpha value is -4.45. The highest BCUT2D eigenvalue weighted by Crippen LogP contribution is 2.44. The number of hydrogen-bond donors (Lipinski definition) is 2. The normalized spacial score (nSPS) is 13.0. The minimum Gasteiger partial charge on any atom is -0.449 e. The second kappa shape index (κ2) is 16.8. The fourth-order valence-corrected chi connectivity index (χ4v) is 5.74. The van der Waals surface area contributed by atoms with Crippen LogP contribution in [0.1, 0.15) is 36.3 Å². The minimum absolute atomic E-state index is 0.0130. The highest BCUT2D eigenvalue weighted by Gasteiger charge is 2.31. The standard InChI is InChI=1S/C32H30F5NO10S/c33-26-27(34)29(36)31(30(37)28(26)35)48-25(40)11-13-46-15-14-45-12-5-10-24(39)23(17-49(42,43)44)38-32(41)47-16-22-20-8-3-1-6-18(20)19-7-2-4-9-21(19)22/h1-4,6-9,22-23H,5,10-17H2,(H,38,41)(H,42,43,44)/t23-/m0/s1. The van der Waals surface area contributed by atoms with Gasteiger partial charge in [0.25, 0.3) is 10.1 Å². The highest BCUT2D eigenvalue weighted by molar-refractivity contribution is 7.85. The number of nitrogens with one attached hydrogen (secondary N) is 1. The first-order valence-electron chi connectivity index (χ1n) is 14.8. The van der Waals surface area contributed by atoms with Gasteiger partial charge in [0.15, 0.2) is 5.78 Å². The lowest BCUT2D eigenvalue weighted by Gasteiger charge is -2.18. The molecule has 3 aromatic rings. The molecule has 2 N–H and O–H groups in total. The summed E-state index contributed by atoms with van der Waals surface area (Å²) in [6.07, 6.45) is -1.80. The van der Waals surface area contributed by atoms with E-state index in [1.54, 1.807) is 0 Å². The monoisotopic (exact) mass is 715 g/mol. The van der Waals surface area contributed by atoms with Crippen LogP contribution in [-0.2, 0) is 33.9 Å². The number of Topliss-reactive ketones (excluding diaryl/α,β-unsaturated/α-hetero) is 1. The summed E-state index contributed by atoms with van der Waals surface area (Å²) >= 11 is 0. The maximum Gasteiger partial charge on any atom is 0.407 e. The van der Waals surface area contributed by atoms with Gasteiger partial charge in [0.1, 0.15) is 18.4 Å². The van der Waals surface area contributed by atoms with E-state index in [0.29, 0.717) is 0 Å². The van der Waals surface area contributed by atoms with Crippen LogP contribution in [0.4, 0.5) is 26.7 Å². The fourth-order valence-electron chi connectivity index (χ4n) is 5.05. The Balaban J connectivity index is 1.15. The van der Waals surface area contributed by atoms with E-state index < -0.39 is 81.0 Å². The zero-order valence-electron chi connectivity index (χ0n) is 25.6. The Bertz CT molecular complexity index is 1730. The van der Waals surface area contributed by atoms with Gasteiger partial charge in [-0.25, -0.2) is 18.0 Å². The maximum atomic E-state index is 13.6. The molecule has 0 unspecified atom stereocenters. The van der Waals surface area contributed by atoms with Crippen molar-refractivity contribution in [3.8, 4) is 16.9 Å². The summed E-state index contributed by atoms with van der Waals surface area (Å²) < 4.78 is 119. The lowest BCUT2D eigenvalue weighted by atomic mass is 9.98. The molecule has 0 aromatic heterocycles. The summed E-state index contributed by atoms with van der Waals surface area (Å²) in [6, 6.07) is 13.6. The molecule has 0 radical (unpaired) electrons. The molecule has 11 nitrogen and oxygen atoms in total. The molecule has 0 fully saturated rings. The molecule has 0 saturated heterocycles. The van der Waals surface area contributed by atoms with Gasteiger partial charge >= 0.3 is 12.1 Å². The van der Waals surface area contributed by atoms with Gasteiger partial charge in [-0.3, -0.25) is 14.1 Å². The average molecular weight is 716 g/mol. The van der Waals surface area contributed by atoms with Gasteiger partial charge in [-0.1, -0.05) is 48.5 Å². The molecule has 1 aliphatic carbocycles. The third kappa shape index (κ3) is 9.81. The largest absolute Gasteiger partial charge is 0.449 e. The van der Waals surface area contributed by atoms with Crippen molar-refractivity contribution in [2.24, 2.45) is 0 Å². The first-order valence-corrected chi connectivity index (χ1v) is 16.4. The van der Waals surface area contributed by atoms with Gasteiger partial charge in [-0.2, -0.15) is 17.2 Å². The SMILES string of the molecule is O=C(CCOCCOCCCC(=O)[C@H](CS(=O)(=O)O)NC(=O)OCC1c2ccccc2-c2ccccc21)Oc1c(F)c(F)c(F)c(F)c1F. The molecular formula is C32H30F5NO10S. The predicted molar refractivity (Wildman–Crippen MR) is 161 cm³/mol. The molecule has 3 aromatic carbocycles. The molecule has 0 spiro atoms. The molecule has 0 saturated carbocycles. The van der Waals surface area contributed by atoms with Gasteiger partial charge in [0, 0.05) is 18.9 Å². The van der Waals surface area contributed by atoms with Crippen molar-refractivity contribution in [2.45, 2.75) is 31.2 Å². The number of ketones is 1. The maximum absolute atomic E-state index is 13.6. The number of hydrogen-bond acceptors (Lipinski definition) is 9. The van der Waals surface area contributed by atoms with E-state index >= 15 is 0 Å². The van der Waals surface area contributed by atoms with E-state index in [9.17, 15) is 49.3 Å². The highest BCUT2D eigenvalue weighted by atomic mass is 32.2. The van der Waals surface area contributed by atoms with Crippen molar-refractivity contribution in [3.05, 3.63) is 88.7 Å². The summed E-state index contributed by atoms with van der Waals surface area (Å²) in [5.41, 5.74) is 3.88. The molecule has 1 atom stereocenters. The Morgan fingerprint density at radius 1 is 0.755 bits per heavy atom. The van der Waals surface area contributed by atoms with Crippen LogP contribution in [-0.4, -0.2) is 75.6 Å². The second-order valence-corrected chi connectivity index (χ2v) is 12.2. The molecule has 4 rings (SSSR count). The number of rotatable bonds is 17. The zero-order chi connectivity index (χ0) is 35.7. The lowest BCUT2D eigenvalue weighted by molar-refractivity contribution is -0.136. The molecule has 1 aliphatic rings. The Morgan fingerprint density at radius 3 is 1.86 bits per heavy atom. The Morgan fingerprint density at radius 2 is 1.29 bits per heavy atom. The molecule has 0 aliphatic heterocycles. The van der Waals surface area contributed by atoms with Crippen LogP contribution in [0, 0.1) is 29.1 Å². The van der Waals surface area contributed by atoms with E-state index in [2.05, 4.69) is 10.1 Å². The van der Waals surface area contributed by atoms with Crippen LogP contribution in [0.2, 0.25) is 0 Å². The van der Waals surface area contributed by atoms with Crippen molar-refractivity contribution in [1.82, 2.24) is 5.32 Å². The van der Waals surface area contributed by atoms with Gasteiger partial charge in [-0.15, -0.1) is 0 Å². The van der Waals surface area contributed by atoms with Crippen molar-refractivity contribution in [2.75, 3.05) is 38.8 Å². The quantitative estimate of drug-likeness (QED) is 0.0377. The van der Waals surface area contributed by atoms with Crippen LogP contribution in [0.3, 0.4) is 0 Å². The van der Waals surface area contributed by atoms with Crippen molar-refractivity contribution in [1.29, 1.82) is 0 Å². The zero-order valence-corrected chi connectivity index (χ0v) is 26.4. The van der Waals surface area contributed by atoms with E-state index in [4.69, 9.17) is 14.2 Å². The van der Waals surface area contributed by atoms with E-state index in [1.165, 1.54) is 0 Å². The van der Waals surface area contributed by atoms with Gasteiger partial charge < -0.3 is 24.3 Å². The summed E-state index contributed by atoms with van der Waals surface area (Å²) in [4.78, 5) is 37.1. The molecule has 49 heavy (non-hydrogen) atoms. The first-order chi connectivity index (χ1) is 23.3. The topological polar surface area (TPSA) is 155 Å². The fraction of sp³-hybridized carbons (Fsp3) is 0.344. The summed E-state index contributed by atoms with van der Waals surface area (Å²) in [7, 11) is -4.66. The lowest BCUT2D eigenvalue weighted by Crippen LogP contribution is -2.45. The van der Waals surface area contributed by atoms with Crippen molar-refractivity contribution in [3.63, 3.8) is 0 Å². The molecule has 0 bridgehead atoms. The Kier molecular flexibility index (Phi) is 12.8. The molecule has 17 heteroatoms. The van der Waals surface area contributed by atoms with Crippen LogP contribution >= 0.6 is 0 Å². The number of esters is 1. The minimum atomic E-state index is -4.66. The number of carbonyl (C=O) groups is 3. The third-order valence-electron chi connectivity index (χ3n) is 7.32. The third-order valence-corrected chi connectivity index (χ3v) is 8.08. The molecule has 0 heterocycles. The van der Waals surface area contributed by atoms with Crippen LogP contribution in [0.5, 0.6) is 5.75 Å². The average Bonchev–Trinajstić information content (AvgIpc) is 3.39. The van der Waals surface area contributed by atoms with Crippen molar-refractivity contribution >= 4 is 28.0 Å². The number of benzene rings is 3. The van der Waals surface area contributed by atoms with Crippen LogP contribution in [0.15, 0.2) is 48.5 Å². The summed E-state index contributed by atoms with van der Waals surface area (Å²) in [5.74, 6) is -16.6. The van der Waals surface area contributed by atoms with E-state index in [1.807, 2.05) is 48.5 Å². The van der Waals surface area contributed by atoms with Crippen molar-refractivity contribution < 1.29 is 68.3 Å². The van der Waals surface area contributed by atoms with Crippen LogP contribution in [0.25, 0.3) is 11.1 Å². The molecule has 1 amide bonds. The first kappa shape index (κ1) is 37.4. The second-order valence-electron chi connectivity index (χ2n) is 10.7. The van der Waals surface area contributed by atoms with Gasteiger partial charge in [0.05, 0.1) is 26.2 Å². The summed E-state index contributed by atoms with van der Waals surface area (Å²) in [5, 5.41) is 2.22. The van der Waals surface area contributed by atoms with E-state index in [0.717, 1.165) is 22.3 Å². The predicted octanol–water partition coefficient (Wildman–Crippen LogP) is 4.86. The Labute approximate surface area is 277 Å². The van der Waals surface area contributed by atoms with Gasteiger partial charge in [-0.05, 0) is 28.7 Å². The number of halogens is 5. The number of fused-ring (bicyclic) bond motifs is 3. The summed E-state index contributed by atoms with van der Waals surface area (Å²) in [6.45, 7) is -0.600. The smallest absolute Gasteiger partial charge is 0.407 e. The number of carbonyl (C=O) groups excluding carboxylic acids is 3. The molecular weight excluding hydrogens is 685 g/mol. The number of amides is 1. The van der Waals surface area contributed by atoms with Gasteiger partial charge in [0.2, 0.25) is 34.8 Å². The number of alkyl carbamates (subject to hydrolysis) is 1.